The summed E-state index contributed by atoms with van der Waals surface area (Å²) in [6.07, 6.45) is 2.57. The standard InChI is InChI=1S/C17H24ClN7O.HI/c1-3-15-24-23-12-25(15)11-10-22-17(19-2)21-9-8-20-16(26)13-4-6-14(18)7-5-13;/h4-7,12H,3,8-11H2,1-2H3,(H,20,26)(H2,19,21,22);1H. The Balaban J connectivity index is 0.00000364. The van der Waals surface area contributed by atoms with Crippen LogP contribution in [-0.2, 0) is 13.0 Å². The molecule has 0 bridgehead atoms. The molecular weight excluding hydrogens is 481 g/mol. The Morgan fingerprint density at radius 3 is 2.48 bits per heavy atom. The zero-order valence-corrected chi connectivity index (χ0v) is 18.5. The average molecular weight is 506 g/mol. The van der Waals surface area contributed by atoms with Gasteiger partial charge in [0.25, 0.3) is 5.91 Å². The normalized spacial score (nSPS) is 10.9. The van der Waals surface area contributed by atoms with Gasteiger partial charge < -0.3 is 20.5 Å². The second-order valence-corrected chi connectivity index (χ2v) is 5.92. The quantitative estimate of drug-likeness (QED) is 0.220. The van der Waals surface area contributed by atoms with Crippen molar-refractivity contribution in [3.63, 3.8) is 0 Å². The second-order valence-electron chi connectivity index (χ2n) is 5.48. The zero-order valence-electron chi connectivity index (χ0n) is 15.4. The summed E-state index contributed by atoms with van der Waals surface area (Å²) in [4.78, 5) is 16.2. The molecular formula is C17H25ClIN7O. The van der Waals surface area contributed by atoms with E-state index in [-0.39, 0.29) is 29.9 Å². The number of carbonyl (C=O) groups excluding carboxylic acids is 1. The third kappa shape index (κ3) is 7.71. The van der Waals surface area contributed by atoms with Crippen molar-refractivity contribution in [2.75, 3.05) is 26.7 Å². The van der Waals surface area contributed by atoms with Crippen LogP contribution in [0, 0.1) is 0 Å². The van der Waals surface area contributed by atoms with Gasteiger partial charge in [-0.3, -0.25) is 9.79 Å². The number of aromatic nitrogens is 3. The van der Waals surface area contributed by atoms with E-state index in [1.807, 2.05) is 11.5 Å². The lowest BCUT2D eigenvalue weighted by Gasteiger charge is -2.13. The highest BCUT2D eigenvalue weighted by molar-refractivity contribution is 14.0. The number of nitrogens with one attached hydrogen (secondary N) is 3. The molecule has 0 unspecified atom stereocenters. The van der Waals surface area contributed by atoms with E-state index < -0.39 is 0 Å². The Bertz CT molecular complexity index is 733. The molecule has 0 aliphatic heterocycles. The number of guanidine groups is 1. The molecule has 2 aromatic rings. The Morgan fingerprint density at radius 2 is 1.81 bits per heavy atom. The van der Waals surface area contributed by atoms with Gasteiger partial charge in [-0.15, -0.1) is 34.2 Å². The van der Waals surface area contributed by atoms with Crippen molar-refractivity contribution in [3.8, 4) is 0 Å². The summed E-state index contributed by atoms with van der Waals surface area (Å²) in [6.45, 7) is 4.54. The fraction of sp³-hybridized carbons (Fsp3) is 0.412. The SMILES string of the molecule is CCc1nncn1CCNC(=NC)NCCNC(=O)c1ccc(Cl)cc1.I. The number of carbonyl (C=O) groups is 1. The largest absolute Gasteiger partial charge is 0.355 e. The molecule has 0 saturated carbocycles. The predicted octanol–water partition coefficient (Wildman–Crippen LogP) is 1.71. The van der Waals surface area contributed by atoms with Gasteiger partial charge in [0.05, 0.1) is 0 Å². The van der Waals surface area contributed by atoms with Gasteiger partial charge >= 0.3 is 0 Å². The molecule has 0 radical (unpaired) electrons. The predicted molar refractivity (Wildman–Crippen MR) is 118 cm³/mol. The number of halogens is 2. The molecule has 3 N–H and O–H groups in total. The molecule has 1 heterocycles. The molecule has 27 heavy (non-hydrogen) atoms. The minimum Gasteiger partial charge on any atom is -0.355 e. The maximum absolute atomic E-state index is 12.0. The molecule has 2 rings (SSSR count). The molecule has 0 aliphatic carbocycles. The summed E-state index contributed by atoms with van der Waals surface area (Å²) < 4.78 is 2.01. The molecule has 10 heteroatoms. The molecule has 1 aromatic heterocycles. The number of benzene rings is 1. The number of hydrogen-bond donors (Lipinski definition) is 3. The Morgan fingerprint density at radius 1 is 1.15 bits per heavy atom. The lowest BCUT2D eigenvalue weighted by molar-refractivity contribution is 0.0954. The molecule has 8 nitrogen and oxygen atoms in total. The number of hydrogen-bond acceptors (Lipinski definition) is 4. The molecule has 0 spiro atoms. The molecule has 0 atom stereocenters. The first-order valence-corrected chi connectivity index (χ1v) is 8.86. The van der Waals surface area contributed by atoms with E-state index in [2.05, 4.69) is 31.1 Å². The number of rotatable bonds is 8. The van der Waals surface area contributed by atoms with Gasteiger partial charge in [-0.05, 0) is 24.3 Å². The number of nitrogens with zero attached hydrogens (tertiary/aromatic N) is 4. The van der Waals surface area contributed by atoms with E-state index in [4.69, 9.17) is 11.6 Å². The van der Waals surface area contributed by atoms with Crippen LogP contribution in [-0.4, -0.2) is 53.3 Å². The van der Waals surface area contributed by atoms with Crippen LogP contribution in [0.15, 0.2) is 35.6 Å². The van der Waals surface area contributed by atoms with Gasteiger partial charge in [-0.25, -0.2) is 0 Å². The topological polar surface area (TPSA) is 96.2 Å². The van der Waals surface area contributed by atoms with Crippen LogP contribution >= 0.6 is 35.6 Å². The van der Waals surface area contributed by atoms with Crippen molar-refractivity contribution in [1.82, 2.24) is 30.7 Å². The summed E-state index contributed by atoms with van der Waals surface area (Å²) >= 11 is 5.81. The van der Waals surface area contributed by atoms with E-state index in [0.717, 1.165) is 18.8 Å². The highest BCUT2D eigenvalue weighted by Crippen LogP contribution is 2.09. The van der Waals surface area contributed by atoms with Gasteiger partial charge in [-0.1, -0.05) is 18.5 Å². The van der Waals surface area contributed by atoms with E-state index in [1.165, 1.54) is 0 Å². The molecule has 0 fully saturated rings. The van der Waals surface area contributed by atoms with Crippen molar-refractivity contribution in [2.45, 2.75) is 19.9 Å². The van der Waals surface area contributed by atoms with Crippen LogP contribution in [0.2, 0.25) is 5.02 Å². The van der Waals surface area contributed by atoms with Crippen LogP contribution in [0.3, 0.4) is 0 Å². The van der Waals surface area contributed by atoms with Crippen molar-refractivity contribution in [3.05, 3.63) is 47.0 Å². The average Bonchev–Trinajstić information content (AvgIpc) is 3.11. The fourth-order valence-corrected chi connectivity index (χ4v) is 2.44. The molecule has 1 aromatic carbocycles. The van der Waals surface area contributed by atoms with E-state index >= 15 is 0 Å². The summed E-state index contributed by atoms with van der Waals surface area (Å²) in [7, 11) is 1.71. The van der Waals surface area contributed by atoms with Crippen molar-refractivity contribution in [2.24, 2.45) is 4.99 Å². The molecule has 0 saturated heterocycles. The third-order valence-electron chi connectivity index (χ3n) is 3.69. The first kappa shape index (κ1) is 23.2. The van der Waals surface area contributed by atoms with Crippen LogP contribution in [0.4, 0.5) is 0 Å². The van der Waals surface area contributed by atoms with Gasteiger partial charge in [0.2, 0.25) is 0 Å². The van der Waals surface area contributed by atoms with Gasteiger partial charge in [0.15, 0.2) is 5.96 Å². The van der Waals surface area contributed by atoms with E-state index in [1.54, 1.807) is 37.6 Å². The lowest BCUT2D eigenvalue weighted by atomic mass is 10.2. The van der Waals surface area contributed by atoms with E-state index in [0.29, 0.717) is 36.2 Å². The first-order valence-electron chi connectivity index (χ1n) is 8.49. The summed E-state index contributed by atoms with van der Waals surface area (Å²) in [5, 5.41) is 17.8. The van der Waals surface area contributed by atoms with Crippen molar-refractivity contribution in [1.29, 1.82) is 0 Å². The van der Waals surface area contributed by atoms with Crippen LogP contribution in [0.5, 0.6) is 0 Å². The number of aliphatic imine (C=N–C) groups is 1. The molecule has 148 valence electrons. The zero-order chi connectivity index (χ0) is 18.8. The molecule has 1 amide bonds. The van der Waals surface area contributed by atoms with Crippen LogP contribution in [0.25, 0.3) is 0 Å². The van der Waals surface area contributed by atoms with Crippen molar-refractivity contribution < 1.29 is 4.79 Å². The van der Waals surface area contributed by atoms with Gasteiger partial charge in [-0.2, -0.15) is 0 Å². The highest BCUT2D eigenvalue weighted by Gasteiger charge is 2.05. The summed E-state index contributed by atoms with van der Waals surface area (Å²) in [6, 6.07) is 6.78. The summed E-state index contributed by atoms with van der Waals surface area (Å²) in [5.41, 5.74) is 0.581. The highest BCUT2D eigenvalue weighted by atomic mass is 127. The maximum atomic E-state index is 12.0. The maximum Gasteiger partial charge on any atom is 0.251 e. The Kier molecular flexibility index (Phi) is 10.7. The van der Waals surface area contributed by atoms with Crippen molar-refractivity contribution >= 4 is 47.4 Å². The van der Waals surface area contributed by atoms with Gasteiger partial charge in [0.1, 0.15) is 12.2 Å². The second kappa shape index (κ2) is 12.5. The Labute approximate surface area is 181 Å². The molecule has 0 aliphatic rings. The number of aryl methyl sites for hydroxylation is 1. The lowest BCUT2D eigenvalue weighted by Crippen LogP contribution is -2.42. The Hall–Kier alpha value is -1.88. The van der Waals surface area contributed by atoms with Crippen LogP contribution < -0.4 is 16.0 Å². The smallest absolute Gasteiger partial charge is 0.251 e. The minimum absolute atomic E-state index is 0. The summed E-state index contributed by atoms with van der Waals surface area (Å²) in [5.74, 6) is 1.50. The van der Waals surface area contributed by atoms with Gasteiger partial charge in [0, 0.05) is 50.2 Å². The first-order chi connectivity index (χ1) is 12.6. The minimum atomic E-state index is -0.133. The number of amides is 1. The van der Waals surface area contributed by atoms with E-state index in [9.17, 15) is 4.79 Å². The monoisotopic (exact) mass is 505 g/mol. The van der Waals surface area contributed by atoms with Crippen LogP contribution in [0.1, 0.15) is 23.1 Å². The fourth-order valence-electron chi connectivity index (χ4n) is 2.32. The third-order valence-corrected chi connectivity index (χ3v) is 3.94.